The summed E-state index contributed by atoms with van der Waals surface area (Å²) in [6, 6.07) is 0. The fourth-order valence-electron chi connectivity index (χ4n) is 1.40. The first-order valence-electron chi connectivity index (χ1n) is 4.57. The van der Waals surface area contributed by atoms with E-state index >= 15 is 0 Å². The van der Waals surface area contributed by atoms with Crippen LogP contribution >= 0.6 is 12.4 Å². The van der Waals surface area contributed by atoms with Gasteiger partial charge in [0.25, 0.3) is 0 Å². The molecule has 13 heavy (non-hydrogen) atoms. The van der Waals surface area contributed by atoms with E-state index in [4.69, 9.17) is 5.73 Å². The molecule has 0 bridgehead atoms. The minimum absolute atomic E-state index is 0. The van der Waals surface area contributed by atoms with Gasteiger partial charge in [0.2, 0.25) is 5.91 Å². The highest BCUT2D eigenvalue weighted by molar-refractivity contribution is 5.85. The first kappa shape index (κ1) is 12.7. The molecule has 1 fully saturated rings. The molecule has 78 valence electrons. The molecule has 0 saturated carbocycles. The van der Waals surface area contributed by atoms with Crippen LogP contribution in [-0.2, 0) is 4.79 Å². The van der Waals surface area contributed by atoms with Gasteiger partial charge in [0.15, 0.2) is 0 Å². The standard InChI is InChI=1S/C8H17N3O.ClH/c9-7-8(12)10-11-5-3-1-2-4-6-11;/h1-7,9H2,(H,10,12);1H. The third-order valence-corrected chi connectivity index (χ3v) is 2.07. The van der Waals surface area contributed by atoms with E-state index in [1.807, 2.05) is 5.01 Å². The van der Waals surface area contributed by atoms with Crippen LogP contribution in [0.2, 0.25) is 0 Å². The molecule has 0 atom stereocenters. The minimum Gasteiger partial charge on any atom is -0.322 e. The van der Waals surface area contributed by atoms with Crippen LogP contribution < -0.4 is 11.2 Å². The molecule has 0 aromatic rings. The fourth-order valence-corrected chi connectivity index (χ4v) is 1.40. The number of rotatable bonds is 2. The lowest BCUT2D eigenvalue weighted by Gasteiger charge is -2.19. The maximum Gasteiger partial charge on any atom is 0.248 e. The summed E-state index contributed by atoms with van der Waals surface area (Å²) in [6.07, 6.45) is 4.89. The summed E-state index contributed by atoms with van der Waals surface area (Å²) in [5.41, 5.74) is 7.97. The van der Waals surface area contributed by atoms with Crippen LogP contribution in [0.4, 0.5) is 0 Å². The quantitative estimate of drug-likeness (QED) is 0.684. The molecule has 0 radical (unpaired) electrons. The minimum atomic E-state index is -0.0862. The smallest absolute Gasteiger partial charge is 0.248 e. The molecule has 0 aromatic heterocycles. The number of halogens is 1. The number of carbonyl (C=O) groups is 1. The van der Waals surface area contributed by atoms with E-state index in [2.05, 4.69) is 5.43 Å². The fraction of sp³-hybridized carbons (Fsp3) is 0.875. The van der Waals surface area contributed by atoms with Gasteiger partial charge in [-0.3, -0.25) is 10.2 Å². The van der Waals surface area contributed by atoms with Gasteiger partial charge in [0.05, 0.1) is 6.54 Å². The largest absolute Gasteiger partial charge is 0.322 e. The molecule has 0 aliphatic carbocycles. The number of nitrogens with two attached hydrogens (primary N) is 1. The summed E-state index contributed by atoms with van der Waals surface area (Å²) in [7, 11) is 0. The number of hydrogen-bond donors (Lipinski definition) is 2. The van der Waals surface area contributed by atoms with Crippen molar-refractivity contribution in [2.24, 2.45) is 5.73 Å². The highest BCUT2D eigenvalue weighted by Crippen LogP contribution is 2.06. The number of nitrogens with one attached hydrogen (secondary N) is 1. The SMILES string of the molecule is Cl.NCC(=O)NN1CCCCCC1. The van der Waals surface area contributed by atoms with Crippen molar-refractivity contribution in [1.29, 1.82) is 0 Å². The Morgan fingerprint density at radius 1 is 1.23 bits per heavy atom. The van der Waals surface area contributed by atoms with Crippen molar-refractivity contribution in [3.05, 3.63) is 0 Å². The second-order valence-corrected chi connectivity index (χ2v) is 3.14. The van der Waals surface area contributed by atoms with Crippen LogP contribution in [0.3, 0.4) is 0 Å². The molecule has 3 N–H and O–H groups in total. The summed E-state index contributed by atoms with van der Waals surface area (Å²) in [4.78, 5) is 10.9. The Morgan fingerprint density at radius 3 is 2.23 bits per heavy atom. The van der Waals surface area contributed by atoms with Crippen LogP contribution in [0.25, 0.3) is 0 Å². The molecule has 1 aliphatic rings. The van der Waals surface area contributed by atoms with Gasteiger partial charge in [0, 0.05) is 13.1 Å². The van der Waals surface area contributed by atoms with Gasteiger partial charge in [-0.05, 0) is 12.8 Å². The van der Waals surface area contributed by atoms with Gasteiger partial charge in [-0.2, -0.15) is 0 Å². The molecule has 4 nitrogen and oxygen atoms in total. The second kappa shape index (κ2) is 7.12. The van der Waals surface area contributed by atoms with Gasteiger partial charge < -0.3 is 5.73 Å². The lowest BCUT2D eigenvalue weighted by molar-refractivity contribution is -0.124. The molecule has 1 heterocycles. The summed E-state index contributed by atoms with van der Waals surface area (Å²) in [5, 5.41) is 1.97. The summed E-state index contributed by atoms with van der Waals surface area (Å²) < 4.78 is 0. The Balaban J connectivity index is 0.00000144. The molecule has 1 aliphatic heterocycles. The Morgan fingerprint density at radius 2 is 1.77 bits per heavy atom. The van der Waals surface area contributed by atoms with Crippen molar-refractivity contribution in [2.75, 3.05) is 19.6 Å². The van der Waals surface area contributed by atoms with E-state index in [-0.39, 0.29) is 24.9 Å². The maximum absolute atomic E-state index is 10.9. The van der Waals surface area contributed by atoms with E-state index in [0.717, 1.165) is 13.1 Å². The van der Waals surface area contributed by atoms with Gasteiger partial charge in [0.1, 0.15) is 0 Å². The van der Waals surface area contributed by atoms with Crippen molar-refractivity contribution in [3.8, 4) is 0 Å². The number of hydrogen-bond acceptors (Lipinski definition) is 3. The predicted octanol–water partition coefficient (Wildman–Crippen LogP) is 0.274. The molecular formula is C8H18ClN3O. The molecule has 1 saturated heterocycles. The molecule has 0 spiro atoms. The van der Waals surface area contributed by atoms with E-state index in [1.165, 1.54) is 25.7 Å². The zero-order chi connectivity index (χ0) is 8.81. The lowest BCUT2D eigenvalue weighted by atomic mass is 10.2. The van der Waals surface area contributed by atoms with E-state index in [0.29, 0.717) is 0 Å². The van der Waals surface area contributed by atoms with E-state index in [9.17, 15) is 4.79 Å². The van der Waals surface area contributed by atoms with Gasteiger partial charge in [-0.25, -0.2) is 5.01 Å². The van der Waals surface area contributed by atoms with Crippen LogP contribution in [0, 0.1) is 0 Å². The third-order valence-electron chi connectivity index (χ3n) is 2.07. The topological polar surface area (TPSA) is 58.4 Å². The number of hydrazine groups is 1. The Hall–Kier alpha value is -0.320. The summed E-state index contributed by atoms with van der Waals surface area (Å²) in [5.74, 6) is -0.0862. The van der Waals surface area contributed by atoms with Crippen LogP contribution in [0.5, 0.6) is 0 Å². The van der Waals surface area contributed by atoms with Crippen molar-refractivity contribution in [2.45, 2.75) is 25.7 Å². The highest BCUT2D eigenvalue weighted by Gasteiger charge is 2.09. The third kappa shape index (κ3) is 5.08. The summed E-state index contributed by atoms with van der Waals surface area (Å²) >= 11 is 0. The average molecular weight is 208 g/mol. The average Bonchev–Trinajstić information content (AvgIpc) is 2.33. The Kier molecular flexibility index (Phi) is 6.94. The number of nitrogens with zero attached hydrogens (tertiary/aromatic N) is 1. The Bertz CT molecular complexity index is 146. The van der Waals surface area contributed by atoms with E-state index < -0.39 is 0 Å². The molecule has 0 unspecified atom stereocenters. The van der Waals surface area contributed by atoms with Crippen molar-refractivity contribution < 1.29 is 4.79 Å². The number of amides is 1. The summed E-state index contributed by atoms with van der Waals surface area (Å²) in [6.45, 7) is 2.01. The van der Waals surface area contributed by atoms with Gasteiger partial charge in [-0.15, -0.1) is 12.4 Å². The van der Waals surface area contributed by atoms with Gasteiger partial charge >= 0.3 is 0 Å². The van der Waals surface area contributed by atoms with Crippen LogP contribution in [0.1, 0.15) is 25.7 Å². The zero-order valence-corrected chi connectivity index (χ0v) is 8.61. The first-order valence-corrected chi connectivity index (χ1v) is 4.57. The predicted molar refractivity (Wildman–Crippen MR) is 54.5 cm³/mol. The molecule has 0 aromatic carbocycles. The molecule has 5 heteroatoms. The monoisotopic (exact) mass is 207 g/mol. The van der Waals surface area contributed by atoms with Crippen LogP contribution in [0.15, 0.2) is 0 Å². The van der Waals surface area contributed by atoms with Gasteiger partial charge in [-0.1, -0.05) is 12.8 Å². The molecule has 1 rings (SSSR count). The highest BCUT2D eigenvalue weighted by atomic mass is 35.5. The second-order valence-electron chi connectivity index (χ2n) is 3.14. The van der Waals surface area contributed by atoms with Crippen LogP contribution in [-0.4, -0.2) is 30.6 Å². The number of carbonyl (C=O) groups excluding carboxylic acids is 1. The van der Waals surface area contributed by atoms with Crippen molar-refractivity contribution in [3.63, 3.8) is 0 Å². The maximum atomic E-state index is 10.9. The normalized spacial score (nSPS) is 18.5. The molecular weight excluding hydrogens is 190 g/mol. The lowest BCUT2D eigenvalue weighted by Crippen LogP contribution is -2.45. The van der Waals surface area contributed by atoms with Crippen molar-refractivity contribution in [1.82, 2.24) is 10.4 Å². The first-order chi connectivity index (χ1) is 5.83. The zero-order valence-electron chi connectivity index (χ0n) is 7.79. The Labute approximate surface area is 85.2 Å². The molecule has 1 amide bonds. The van der Waals surface area contributed by atoms with Crippen molar-refractivity contribution >= 4 is 18.3 Å². The van der Waals surface area contributed by atoms with E-state index in [1.54, 1.807) is 0 Å².